The lowest BCUT2D eigenvalue weighted by molar-refractivity contribution is -0.119. The minimum atomic E-state index is 0.00230. The van der Waals surface area contributed by atoms with E-state index in [1.807, 2.05) is 32.0 Å². The fourth-order valence-corrected chi connectivity index (χ4v) is 4.24. The van der Waals surface area contributed by atoms with Crippen LogP contribution in [0.2, 0.25) is 0 Å². The van der Waals surface area contributed by atoms with E-state index in [1.165, 1.54) is 0 Å². The maximum Gasteiger partial charge on any atom is 0.217 e. The summed E-state index contributed by atoms with van der Waals surface area (Å²) in [5, 5.41) is 3.02. The van der Waals surface area contributed by atoms with Gasteiger partial charge in [-0.3, -0.25) is 4.79 Å². The molecule has 0 radical (unpaired) electrons. The number of benzene rings is 1. The summed E-state index contributed by atoms with van der Waals surface area (Å²) in [5.74, 6) is 2.14. The van der Waals surface area contributed by atoms with Crippen molar-refractivity contribution in [1.82, 2.24) is 10.3 Å². The molecule has 7 heteroatoms. The summed E-state index contributed by atoms with van der Waals surface area (Å²) in [4.78, 5) is 18.5. The second-order valence-electron chi connectivity index (χ2n) is 7.70. The molecule has 0 spiro atoms. The Kier molecular flexibility index (Phi) is 5.28. The minimum absolute atomic E-state index is 0.00230. The number of carbonyl (C=O) groups excluding carboxylic acids is 1. The van der Waals surface area contributed by atoms with Crippen molar-refractivity contribution in [2.45, 2.75) is 33.2 Å². The van der Waals surface area contributed by atoms with Crippen LogP contribution in [0.15, 0.2) is 28.7 Å². The normalized spacial score (nSPS) is 16.2. The van der Waals surface area contributed by atoms with E-state index in [1.54, 1.807) is 21.1 Å². The molecule has 1 saturated heterocycles. The highest BCUT2D eigenvalue weighted by Gasteiger charge is 2.27. The second kappa shape index (κ2) is 7.89. The number of hydrogen-bond acceptors (Lipinski definition) is 6. The lowest BCUT2D eigenvalue weighted by atomic mass is 10.0. The summed E-state index contributed by atoms with van der Waals surface area (Å²) in [7, 11) is 3.25. The molecule has 30 heavy (non-hydrogen) atoms. The molecule has 1 aromatic carbocycles. The molecule has 2 aromatic heterocycles. The number of anilines is 1. The monoisotopic (exact) mass is 409 g/mol. The van der Waals surface area contributed by atoms with Crippen LogP contribution < -0.4 is 19.7 Å². The quantitative estimate of drug-likeness (QED) is 0.690. The SMILES string of the molecule is COc1ccc(-c2c(C)oc3c(N4CCC(NC(C)=O)C4)cc(C)nc23)cc1OC. The van der Waals surface area contributed by atoms with Crippen LogP contribution in [0.1, 0.15) is 24.8 Å². The number of methoxy groups -OCH3 is 2. The number of aryl methyl sites for hydroxylation is 2. The number of fused-ring (bicyclic) bond motifs is 1. The number of amides is 1. The molecule has 1 atom stereocenters. The van der Waals surface area contributed by atoms with Gasteiger partial charge in [-0.1, -0.05) is 6.07 Å². The zero-order chi connectivity index (χ0) is 21.4. The fourth-order valence-electron chi connectivity index (χ4n) is 4.24. The molecule has 7 nitrogen and oxygen atoms in total. The number of pyridine rings is 1. The van der Waals surface area contributed by atoms with Crippen LogP contribution in [0, 0.1) is 13.8 Å². The Morgan fingerprint density at radius 3 is 2.67 bits per heavy atom. The van der Waals surface area contributed by atoms with Crippen molar-refractivity contribution in [1.29, 1.82) is 0 Å². The van der Waals surface area contributed by atoms with Crippen LogP contribution in [0.3, 0.4) is 0 Å². The molecule has 158 valence electrons. The van der Waals surface area contributed by atoms with Gasteiger partial charge in [-0.05, 0) is 44.0 Å². The van der Waals surface area contributed by atoms with E-state index in [4.69, 9.17) is 18.9 Å². The molecule has 0 aliphatic carbocycles. The third-order valence-electron chi connectivity index (χ3n) is 5.53. The van der Waals surface area contributed by atoms with Crippen LogP contribution in [0.25, 0.3) is 22.2 Å². The van der Waals surface area contributed by atoms with Crippen molar-refractivity contribution < 1.29 is 18.7 Å². The van der Waals surface area contributed by atoms with Gasteiger partial charge < -0.3 is 24.1 Å². The van der Waals surface area contributed by atoms with E-state index in [2.05, 4.69) is 16.3 Å². The third-order valence-corrected chi connectivity index (χ3v) is 5.53. The van der Waals surface area contributed by atoms with Crippen molar-refractivity contribution in [3.05, 3.63) is 35.7 Å². The smallest absolute Gasteiger partial charge is 0.217 e. The number of nitrogens with one attached hydrogen (secondary N) is 1. The predicted molar refractivity (Wildman–Crippen MR) is 116 cm³/mol. The fraction of sp³-hybridized carbons (Fsp3) is 0.391. The topological polar surface area (TPSA) is 76.8 Å². The number of furan rings is 1. The molecule has 1 amide bonds. The summed E-state index contributed by atoms with van der Waals surface area (Å²) in [6.45, 7) is 7.11. The number of rotatable bonds is 5. The first-order valence-electron chi connectivity index (χ1n) is 10.1. The summed E-state index contributed by atoms with van der Waals surface area (Å²) in [6.07, 6.45) is 0.907. The number of ether oxygens (including phenoxy) is 2. The zero-order valence-electron chi connectivity index (χ0n) is 18.0. The number of aromatic nitrogens is 1. The van der Waals surface area contributed by atoms with Crippen LogP contribution in [0.5, 0.6) is 11.5 Å². The van der Waals surface area contributed by atoms with Crippen molar-refractivity contribution >= 4 is 22.7 Å². The Balaban J connectivity index is 1.79. The Morgan fingerprint density at radius 1 is 1.20 bits per heavy atom. The molecule has 1 aliphatic rings. The predicted octanol–water partition coefficient (Wildman–Crippen LogP) is 3.84. The van der Waals surface area contributed by atoms with Crippen molar-refractivity contribution in [3.8, 4) is 22.6 Å². The lowest BCUT2D eigenvalue weighted by Crippen LogP contribution is -2.35. The number of hydrogen-bond donors (Lipinski definition) is 1. The highest BCUT2D eigenvalue weighted by Crippen LogP contribution is 2.41. The zero-order valence-corrected chi connectivity index (χ0v) is 18.0. The van der Waals surface area contributed by atoms with Crippen LogP contribution in [-0.4, -0.2) is 44.2 Å². The molecule has 1 aliphatic heterocycles. The summed E-state index contributed by atoms with van der Waals surface area (Å²) in [5.41, 5.74) is 5.45. The Labute approximate surface area is 176 Å². The number of carbonyl (C=O) groups is 1. The minimum Gasteiger partial charge on any atom is -0.493 e. The van der Waals surface area contributed by atoms with E-state index in [9.17, 15) is 4.79 Å². The van der Waals surface area contributed by atoms with Gasteiger partial charge in [0.05, 0.1) is 19.9 Å². The van der Waals surface area contributed by atoms with Gasteiger partial charge in [0.1, 0.15) is 11.3 Å². The van der Waals surface area contributed by atoms with E-state index in [-0.39, 0.29) is 11.9 Å². The van der Waals surface area contributed by atoms with Gasteiger partial charge in [0.15, 0.2) is 17.1 Å². The molecule has 0 bridgehead atoms. The maximum absolute atomic E-state index is 11.4. The molecule has 1 fully saturated rings. The summed E-state index contributed by atoms with van der Waals surface area (Å²) in [6, 6.07) is 8.03. The van der Waals surface area contributed by atoms with Crippen LogP contribution >= 0.6 is 0 Å². The largest absolute Gasteiger partial charge is 0.493 e. The average molecular weight is 409 g/mol. The molecule has 1 N–H and O–H groups in total. The highest BCUT2D eigenvalue weighted by molar-refractivity contribution is 5.99. The first kappa shape index (κ1) is 20.1. The van der Waals surface area contributed by atoms with Crippen molar-refractivity contribution in [3.63, 3.8) is 0 Å². The molecule has 3 aromatic rings. The highest BCUT2D eigenvalue weighted by atomic mass is 16.5. The van der Waals surface area contributed by atoms with Gasteiger partial charge in [0, 0.05) is 37.3 Å². The van der Waals surface area contributed by atoms with Gasteiger partial charge in [-0.15, -0.1) is 0 Å². The van der Waals surface area contributed by atoms with Gasteiger partial charge in [0.25, 0.3) is 0 Å². The van der Waals surface area contributed by atoms with Gasteiger partial charge in [-0.25, -0.2) is 4.98 Å². The van der Waals surface area contributed by atoms with Crippen LogP contribution in [0.4, 0.5) is 5.69 Å². The summed E-state index contributed by atoms with van der Waals surface area (Å²) < 4.78 is 17.1. The molecule has 0 saturated carbocycles. The van der Waals surface area contributed by atoms with Gasteiger partial charge >= 0.3 is 0 Å². The van der Waals surface area contributed by atoms with Crippen LogP contribution in [-0.2, 0) is 4.79 Å². The van der Waals surface area contributed by atoms with Gasteiger partial charge in [-0.2, -0.15) is 0 Å². The molecular weight excluding hydrogens is 382 g/mol. The average Bonchev–Trinajstić information content (AvgIpc) is 3.30. The van der Waals surface area contributed by atoms with Crippen molar-refractivity contribution in [2.24, 2.45) is 0 Å². The van der Waals surface area contributed by atoms with E-state index >= 15 is 0 Å². The molecular formula is C23H27N3O4. The van der Waals surface area contributed by atoms with Gasteiger partial charge in [0.2, 0.25) is 5.91 Å². The first-order valence-corrected chi connectivity index (χ1v) is 10.1. The molecule has 3 heterocycles. The third kappa shape index (κ3) is 3.56. The lowest BCUT2D eigenvalue weighted by Gasteiger charge is -2.19. The molecule has 1 unspecified atom stereocenters. The first-order chi connectivity index (χ1) is 14.4. The number of nitrogens with zero attached hydrogens (tertiary/aromatic N) is 2. The Hall–Kier alpha value is -3.22. The van der Waals surface area contributed by atoms with Crippen molar-refractivity contribution in [2.75, 3.05) is 32.2 Å². The Morgan fingerprint density at radius 2 is 1.97 bits per heavy atom. The second-order valence-corrected chi connectivity index (χ2v) is 7.70. The van der Waals surface area contributed by atoms with E-state index in [0.29, 0.717) is 11.5 Å². The van der Waals surface area contributed by atoms with E-state index < -0.39 is 0 Å². The summed E-state index contributed by atoms with van der Waals surface area (Å²) >= 11 is 0. The standard InChI is InChI=1S/C23H27N3O4/c1-13-10-18(26-9-8-17(12-26)25-15(3)27)23-22(24-13)21(14(2)30-23)16-6-7-19(28-4)20(11-16)29-5/h6-7,10-11,17H,8-9,12H2,1-5H3,(H,25,27). The maximum atomic E-state index is 11.4. The molecule has 4 rings (SSSR count). The Bertz CT molecular complexity index is 1110. The van der Waals surface area contributed by atoms with E-state index in [0.717, 1.165) is 58.9 Å².